The van der Waals surface area contributed by atoms with Crippen LogP contribution in [0.3, 0.4) is 0 Å². The van der Waals surface area contributed by atoms with Crippen molar-refractivity contribution in [3.05, 3.63) is 35.9 Å². The highest BCUT2D eigenvalue weighted by molar-refractivity contribution is 7.80. The largest absolute Gasteiger partial charge is 0.497 e. The van der Waals surface area contributed by atoms with Gasteiger partial charge in [0, 0.05) is 6.08 Å². The lowest BCUT2D eigenvalue weighted by Crippen LogP contribution is -2.33. The number of rotatable bonds is 7. The summed E-state index contributed by atoms with van der Waals surface area (Å²) in [6.07, 6.45) is 5.07. The standard InChI is InChI=1S/C16H20N6O2S/c1-3-4-11-22-20-15(19-21-22)18-16(25)17-14(23)10-7-12-5-8-13(24-2)9-6-12/h5-10H,3-4,11H2,1-2H3,(H2,17,18,20,23,25)/b10-7+. The molecule has 0 atom stereocenters. The van der Waals surface area contributed by atoms with Crippen LogP contribution in [0.2, 0.25) is 0 Å². The zero-order valence-electron chi connectivity index (χ0n) is 14.1. The van der Waals surface area contributed by atoms with Gasteiger partial charge in [-0.3, -0.25) is 15.4 Å². The molecular weight excluding hydrogens is 340 g/mol. The number of ether oxygens (including phenoxy) is 1. The van der Waals surface area contributed by atoms with Crippen molar-refractivity contribution in [2.75, 3.05) is 12.4 Å². The molecule has 0 aliphatic carbocycles. The molecule has 0 bridgehead atoms. The molecule has 25 heavy (non-hydrogen) atoms. The van der Waals surface area contributed by atoms with Crippen molar-refractivity contribution >= 4 is 35.3 Å². The van der Waals surface area contributed by atoms with E-state index in [4.69, 9.17) is 17.0 Å². The van der Waals surface area contributed by atoms with Crippen LogP contribution in [0.4, 0.5) is 5.95 Å². The van der Waals surface area contributed by atoms with Gasteiger partial charge in [-0.1, -0.05) is 30.6 Å². The first-order valence-electron chi connectivity index (χ1n) is 7.82. The lowest BCUT2D eigenvalue weighted by molar-refractivity contribution is -0.115. The van der Waals surface area contributed by atoms with Gasteiger partial charge >= 0.3 is 0 Å². The molecule has 132 valence electrons. The Balaban J connectivity index is 1.81. The van der Waals surface area contributed by atoms with Gasteiger partial charge in [-0.25, -0.2) is 0 Å². The van der Waals surface area contributed by atoms with Crippen LogP contribution in [0.15, 0.2) is 30.3 Å². The van der Waals surface area contributed by atoms with Gasteiger partial charge in [-0.05, 0) is 47.6 Å². The summed E-state index contributed by atoms with van der Waals surface area (Å²) in [4.78, 5) is 13.4. The summed E-state index contributed by atoms with van der Waals surface area (Å²) in [6.45, 7) is 2.77. The van der Waals surface area contributed by atoms with Crippen molar-refractivity contribution in [3.8, 4) is 5.75 Å². The van der Waals surface area contributed by atoms with Crippen LogP contribution >= 0.6 is 12.2 Å². The fourth-order valence-electron chi connectivity index (χ4n) is 1.86. The molecule has 1 aromatic heterocycles. The van der Waals surface area contributed by atoms with E-state index in [1.54, 1.807) is 13.2 Å². The molecular formula is C16H20N6O2S. The smallest absolute Gasteiger partial charge is 0.269 e. The van der Waals surface area contributed by atoms with Gasteiger partial charge in [-0.15, -0.1) is 5.10 Å². The van der Waals surface area contributed by atoms with Crippen LogP contribution in [0.1, 0.15) is 25.3 Å². The Morgan fingerprint density at radius 1 is 1.36 bits per heavy atom. The minimum absolute atomic E-state index is 0.111. The number of unbranched alkanes of at least 4 members (excludes halogenated alkanes) is 1. The third-order valence-corrected chi connectivity index (χ3v) is 3.37. The quantitative estimate of drug-likeness (QED) is 0.576. The summed E-state index contributed by atoms with van der Waals surface area (Å²) in [5.41, 5.74) is 0.871. The first kappa shape index (κ1) is 18.5. The first-order valence-corrected chi connectivity index (χ1v) is 8.23. The number of benzene rings is 1. The molecule has 1 aromatic carbocycles. The number of methoxy groups -OCH3 is 1. The molecule has 2 N–H and O–H groups in total. The third kappa shape index (κ3) is 6.30. The maximum atomic E-state index is 11.9. The van der Waals surface area contributed by atoms with E-state index in [2.05, 4.69) is 33.0 Å². The molecule has 1 heterocycles. The highest BCUT2D eigenvalue weighted by atomic mass is 32.1. The van der Waals surface area contributed by atoms with E-state index < -0.39 is 0 Å². The van der Waals surface area contributed by atoms with Crippen molar-refractivity contribution in [2.24, 2.45) is 0 Å². The summed E-state index contributed by atoms with van der Waals surface area (Å²) in [5, 5.41) is 17.2. The van der Waals surface area contributed by atoms with E-state index in [0.29, 0.717) is 6.54 Å². The zero-order chi connectivity index (χ0) is 18.1. The van der Waals surface area contributed by atoms with E-state index >= 15 is 0 Å². The normalized spacial score (nSPS) is 10.6. The van der Waals surface area contributed by atoms with Gasteiger partial charge in [0.15, 0.2) is 5.11 Å². The predicted molar refractivity (Wildman–Crippen MR) is 99.1 cm³/mol. The second kappa shape index (κ2) is 9.48. The average Bonchev–Trinajstić information content (AvgIpc) is 3.05. The zero-order valence-corrected chi connectivity index (χ0v) is 14.9. The van der Waals surface area contributed by atoms with Gasteiger partial charge < -0.3 is 4.74 Å². The fourth-order valence-corrected chi connectivity index (χ4v) is 2.05. The number of amides is 1. The van der Waals surface area contributed by atoms with Crippen LogP contribution in [-0.4, -0.2) is 38.3 Å². The number of aromatic nitrogens is 4. The van der Waals surface area contributed by atoms with E-state index in [-0.39, 0.29) is 17.0 Å². The molecule has 0 spiro atoms. The Morgan fingerprint density at radius 2 is 2.12 bits per heavy atom. The molecule has 0 aliphatic rings. The summed E-state index contributed by atoms with van der Waals surface area (Å²) in [5.74, 6) is 0.652. The SMILES string of the molecule is CCCCn1nnc(NC(=S)NC(=O)/C=C/c2ccc(OC)cc2)n1. The molecule has 0 fully saturated rings. The molecule has 0 saturated heterocycles. The average molecular weight is 360 g/mol. The van der Waals surface area contributed by atoms with Crippen LogP contribution in [-0.2, 0) is 11.3 Å². The molecule has 1 amide bonds. The second-order valence-electron chi connectivity index (χ2n) is 5.11. The van der Waals surface area contributed by atoms with Crippen LogP contribution in [0, 0.1) is 0 Å². The maximum Gasteiger partial charge on any atom is 0.269 e. The lowest BCUT2D eigenvalue weighted by Gasteiger charge is -2.03. The number of nitrogens with one attached hydrogen (secondary N) is 2. The number of hydrogen-bond acceptors (Lipinski definition) is 6. The van der Waals surface area contributed by atoms with Gasteiger partial charge in [0.1, 0.15) is 5.75 Å². The third-order valence-electron chi connectivity index (χ3n) is 3.17. The number of hydrogen-bond donors (Lipinski definition) is 2. The second-order valence-corrected chi connectivity index (χ2v) is 5.52. The summed E-state index contributed by atoms with van der Waals surface area (Å²) in [6, 6.07) is 7.32. The summed E-state index contributed by atoms with van der Waals surface area (Å²) in [7, 11) is 1.60. The molecule has 0 radical (unpaired) electrons. The number of thiocarbonyl (C=S) groups is 1. The summed E-state index contributed by atoms with van der Waals surface area (Å²) < 4.78 is 5.08. The Kier molecular flexibility index (Phi) is 7.02. The Bertz CT molecular complexity index is 741. The van der Waals surface area contributed by atoms with Crippen LogP contribution < -0.4 is 15.4 Å². The molecule has 0 unspecified atom stereocenters. The monoisotopic (exact) mass is 360 g/mol. The van der Waals surface area contributed by atoms with Crippen LogP contribution in [0.25, 0.3) is 6.08 Å². The number of carbonyl (C=O) groups excluding carboxylic acids is 1. The molecule has 9 heteroatoms. The fraction of sp³-hybridized carbons (Fsp3) is 0.312. The Morgan fingerprint density at radius 3 is 2.80 bits per heavy atom. The maximum absolute atomic E-state index is 11.9. The van der Waals surface area contributed by atoms with E-state index in [1.807, 2.05) is 24.3 Å². The van der Waals surface area contributed by atoms with Crippen molar-refractivity contribution in [1.82, 2.24) is 25.5 Å². The topological polar surface area (TPSA) is 94.0 Å². The van der Waals surface area contributed by atoms with Gasteiger partial charge in [-0.2, -0.15) is 4.80 Å². The Labute approximate surface area is 151 Å². The van der Waals surface area contributed by atoms with E-state index in [9.17, 15) is 4.79 Å². The minimum Gasteiger partial charge on any atom is -0.497 e. The van der Waals surface area contributed by atoms with Gasteiger partial charge in [0.2, 0.25) is 5.91 Å². The molecule has 2 aromatic rings. The van der Waals surface area contributed by atoms with Crippen molar-refractivity contribution in [2.45, 2.75) is 26.3 Å². The lowest BCUT2D eigenvalue weighted by atomic mass is 10.2. The molecule has 0 saturated carbocycles. The molecule has 8 nitrogen and oxygen atoms in total. The van der Waals surface area contributed by atoms with Crippen molar-refractivity contribution in [3.63, 3.8) is 0 Å². The van der Waals surface area contributed by atoms with Crippen molar-refractivity contribution in [1.29, 1.82) is 0 Å². The predicted octanol–water partition coefficient (Wildman–Crippen LogP) is 2.01. The van der Waals surface area contributed by atoms with E-state index in [0.717, 1.165) is 24.2 Å². The van der Waals surface area contributed by atoms with Crippen LogP contribution in [0.5, 0.6) is 5.75 Å². The first-order chi connectivity index (χ1) is 12.1. The number of nitrogens with zero attached hydrogens (tertiary/aromatic N) is 4. The highest BCUT2D eigenvalue weighted by Crippen LogP contribution is 2.12. The summed E-state index contributed by atoms with van der Waals surface area (Å²) >= 11 is 5.06. The van der Waals surface area contributed by atoms with Gasteiger partial charge in [0.25, 0.3) is 5.95 Å². The number of carbonyl (C=O) groups is 1. The minimum atomic E-state index is -0.355. The van der Waals surface area contributed by atoms with Gasteiger partial charge in [0.05, 0.1) is 13.7 Å². The molecule has 0 aliphatic heterocycles. The number of anilines is 1. The van der Waals surface area contributed by atoms with Crippen molar-refractivity contribution < 1.29 is 9.53 Å². The van der Waals surface area contributed by atoms with E-state index in [1.165, 1.54) is 10.9 Å². The Hall–Kier alpha value is -2.81. The highest BCUT2D eigenvalue weighted by Gasteiger charge is 2.06. The number of aryl methyl sites for hydroxylation is 1. The number of tetrazole rings is 1. The molecule has 2 rings (SSSR count).